The SMILES string of the molecule is [2H]C([2H])([C@H](CC=C)NC(=O)OC(C)(C)C)n1cc(I)c2c(Cl)ncnc21. The molecule has 0 spiro atoms. The van der Waals surface area contributed by atoms with Gasteiger partial charge in [0.1, 0.15) is 22.7 Å². The van der Waals surface area contributed by atoms with Crippen molar-refractivity contribution in [3.05, 3.63) is 33.9 Å². The Balaban J connectivity index is 2.43. The van der Waals surface area contributed by atoms with Gasteiger partial charge in [0.2, 0.25) is 0 Å². The fourth-order valence-corrected chi connectivity index (χ4v) is 3.17. The van der Waals surface area contributed by atoms with Crippen LogP contribution >= 0.6 is 34.2 Å². The van der Waals surface area contributed by atoms with Crippen LogP contribution in [0.2, 0.25) is 5.15 Å². The normalized spacial score (nSPS) is 14.7. The predicted molar refractivity (Wildman–Crippen MR) is 103 cm³/mol. The first kappa shape index (κ1) is 16.1. The highest BCUT2D eigenvalue weighted by Crippen LogP contribution is 2.27. The molecule has 0 fully saturated rings. The van der Waals surface area contributed by atoms with Crippen LogP contribution < -0.4 is 5.32 Å². The highest BCUT2D eigenvalue weighted by molar-refractivity contribution is 14.1. The van der Waals surface area contributed by atoms with Crippen LogP contribution in [-0.4, -0.2) is 32.3 Å². The lowest BCUT2D eigenvalue weighted by molar-refractivity contribution is 0.0500. The number of rotatable bonds is 5. The summed E-state index contributed by atoms with van der Waals surface area (Å²) in [6.45, 7) is 6.87. The van der Waals surface area contributed by atoms with Gasteiger partial charge in [0.25, 0.3) is 0 Å². The van der Waals surface area contributed by atoms with E-state index in [1.807, 2.05) is 22.6 Å². The molecule has 6 nitrogen and oxygen atoms in total. The first-order chi connectivity index (χ1) is 12.0. The molecule has 24 heavy (non-hydrogen) atoms. The third-order valence-corrected chi connectivity index (χ3v) is 3.98. The number of nitrogens with one attached hydrogen (secondary N) is 1. The van der Waals surface area contributed by atoms with Gasteiger partial charge in [-0.15, -0.1) is 6.58 Å². The van der Waals surface area contributed by atoms with Crippen LogP contribution in [0.25, 0.3) is 11.0 Å². The first-order valence-electron chi connectivity index (χ1n) is 8.25. The van der Waals surface area contributed by atoms with E-state index in [1.54, 1.807) is 33.0 Å². The second-order valence-electron chi connectivity index (χ2n) is 6.06. The smallest absolute Gasteiger partial charge is 0.407 e. The van der Waals surface area contributed by atoms with Gasteiger partial charge in [-0.2, -0.15) is 0 Å². The van der Waals surface area contributed by atoms with Crippen molar-refractivity contribution in [2.75, 3.05) is 0 Å². The third kappa shape index (κ3) is 4.83. The molecule has 0 aliphatic rings. The molecule has 8 heteroatoms. The number of amides is 1. The molecule has 0 aromatic carbocycles. The zero-order valence-electron chi connectivity index (χ0n) is 15.6. The maximum Gasteiger partial charge on any atom is 0.407 e. The predicted octanol–water partition coefficient (Wildman–Crippen LogP) is 4.16. The standard InChI is InChI=1S/C16H20ClIN4O2/c1-5-6-10(21-15(23)24-16(2,3)4)7-22-8-11(18)12-13(17)19-9-20-14(12)22/h5,8-10H,1,6-7H2,2-4H3,(H,21,23)/t10-/m0/s1/i7D2. The van der Waals surface area contributed by atoms with Gasteiger partial charge >= 0.3 is 6.09 Å². The van der Waals surface area contributed by atoms with Crippen LogP contribution in [-0.2, 0) is 11.2 Å². The van der Waals surface area contributed by atoms with Crippen LogP contribution in [0.15, 0.2) is 25.2 Å². The molecule has 0 saturated heterocycles. The Morgan fingerprint density at radius 1 is 1.62 bits per heavy atom. The molecule has 0 saturated carbocycles. The number of carbonyl (C=O) groups is 1. The Bertz CT molecular complexity index is 835. The second kappa shape index (κ2) is 7.69. The summed E-state index contributed by atoms with van der Waals surface area (Å²) in [5, 5.41) is 3.40. The Morgan fingerprint density at radius 3 is 2.96 bits per heavy atom. The Morgan fingerprint density at radius 2 is 2.33 bits per heavy atom. The van der Waals surface area contributed by atoms with Crippen molar-refractivity contribution in [3.8, 4) is 0 Å². The summed E-state index contributed by atoms with van der Waals surface area (Å²) in [4.78, 5) is 20.3. The lowest BCUT2D eigenvalue weighted by Gasteiger charge is -2.23. The summed E-state index contributed by atoms with van der Waals surface area (Å²) >= 11 is 8.17. The maximum atomic E-state index is 12.2. The minimum atomic E-state index is -2.01. The van der Waals surface area contributed by atoms with E-state index in [0.717, 1.165) is 0 Å². The number of aromatic nitrogens is 3. The molecule has 2 heterocycles. The van der Waals surface area contributed by atoms with Crippen molar-refractivity contribution in [3.63, 3.8) is 0 Å². The van der Waals surface area contributed by atoms with E-state index >= 15 is 0 Å². The van der Waals surface area contributed by atoms with Crippen LogP contribution in [0.4, 0.5) is 4.79 Å². The van der Waals surface area contributed by atoms with Crippen LogP contribution in [0.1, 0.15) is 29.9 Å². The van der Waals surface area contributed by atoms with E-state index in [9.17, 15) is 4.79 Å². The summed E-state index contributed by atoms with van der Waals surface area (Å²) in [5.74, 6) is 0. The van der Waals surface area contributed by atoms with Gasteiger partial charge in [-0.25, -0.2) is 14.8 Å². The van der Waals surface area contributed by atoms with Crippen LogP contribution in [0.3, 0.4) is 0 Å². The number of fused-ring (bicyclic) bond motifs is 1. The quantitative estimate of drug-likeness (QED) is 0.410. The molecule has 1 N–H and O–H groups in total. The van der Waals surface area contributed by atoms with E-state index in [1.165, 1.54) is 10.9 Å². The van der Waals surface area contributed by atoms with Crippen molar-refractivity contribution in [2.45, 2.75) is 45.3 Å². The Kier molecular flexibility index (Phi) is 5.17. The summed E-state index contributed by atoms with van der Waals surface area (Å²) in [6, 6.07) is -0.921. The molecule has 130 valence electrons. The van der Waals surface area contributed by atoms with Crippen molar-refractivity contribution >= 4 is 51.3 Å². The summed E-state index contributed by atoms with van der Waals surface area (Å²) in [6.07, 6.45) is 3.90. The molecule has 2 aromatic rings. The van der Waals surface area contributed by atoms with Crippen LogP contribution in [0, 0.1) is 3.57 Å². The zero-order valence-corrected chi connectivity index (χ0v) is 16.6. The Labute approximate surface area is 162 Å². The van der Waals surface area contributed by atoms with Crippen molar-refractivity contribution in [1.82, 2.24) is 19.9 Å². The van der Waals surface area contributed by atoms with E-state index in [2.05, 4.69) is 21.9 Å². The number of hydrogen-bond acceptors (Lipinski definition) is 4. The molecule has 1 atom stereocenters. The fourth-order valence-electron chi connectivity index (χ4n) is 2.01. The maximum absolute atomic E-state index is 12.2. The van der Waals surface area contributed by atoms with Gasteiger partial charge in [-0.3, -0.25) is 0 Å². The molecular formula is C16H20ClIN4O2. The van der Waals surface area contributed by atoms with E-state index in [-0.39, 0.29) is 11.6 Å². The minimum absolute atomic E-state index is 0.196. The molecule has 1 amide bonds. The lowest BCUT2D eigenvalue weighted by Crippen LogP contribution is -2.41. The number of halogens is 2. The van der Waals surface area contributed by atoms with E-state index in [0.29, 0.717) is 14.6 Å². The van der Waals surface area contributed by atoms with Gasteiger partial charge < -0.3 is 14.6 Å². The van der Waals surface area contributed by atoms with Crippen molar-refractivity contribution in [1.29, 1.82) is 0 Å². The Hall–Kier alpha value is -1.35. The molecule has 0 aliphatic heterocycles. The van der Waals surface area contributed by atoms with E-state index in [4.69, 9.17) is 19.1 Å². The average molecular weight is 465 g/mol. The zero-order chi connectivity index (χ0) is 19.7. The molecule has 2 rings (SSSR count). The average Bonchev–Trinajstić information content (AvgIpc) is 2.84. The molecule has 0 bridgehead atoms. The number of hydrogen-bond donors (Lipinski definition) is 1. The molecule has 0 unspecified atom stereocenters. The fraction of sp³-hybridized carbons (Fsp3) is 0.438. The highest BCUT2D eigenvalue weighted by Gasteiger charge is 2.20. The monoisotopic (exact) mass is 464 g/mol. The molecule has 0 aliphatic carbocycles. The van der Waals surface area contributed by atoms with Gasteiger partial charge in [0, 0.05) is 16.3 Å². The van der Waals surface area contributed by atoms with Gasteiger partial charge in [-0.05, 0) is 49.8 Å². The molecular weight excluding hydrogens is 443 g/mol. The summed E-state index contributed by atoms with van der Waals surface area (Å²) in [5.41, 5.74) is -0.342. The largest absolute Gasteiger partial charge is 0.444 e. The highest BCUT2D eigenvalue weighted by atomic mass is 127. The van der Waals surface area contributed by atoms with Crippen molar-refractivity contribution in [2.24, 2.45) is 0 Å². The summed E-state index contributed by atoms with van der Waals surface area (Å²) < 4.78 is 24.6. The van der Waals surface area contributed by atoms with E-state index < -0.39 is 24.2 Å². The first-order valence-corrected chi connectivity index (χ1v) is 8.71. The third-order valence-electron chi connectivity index (χ3n) is 2.88. The minimum Gasteiger partial charge on any atom is -0.444 e. The molecule has 2 aromatic heterocycles. The lowest BCUT2D eigenvalue weighted by atomic mass is 10.2. The number of alkyl carbamates (subject to hydrolysis) is 1. The number of ether oxygens (including phenoxy) is 1. The van der Waals surface area contributed by atoms with Gasteiger partial charge in [0.05, 0.1) is 14.2 Å². The van der Waals surface area contributed by atoms with Gasteiger partial charge in [-0.1, -0.05) is 17.7 Å². The summed E-state index contributed by atoms with van der Waals surface area (Å²) in [7, 11) is 0. The second-order valence-corrected chi connectivity index (χ2v) is 7.58. The number of carbonyl (C=O) groups excluding carboxylic acids is 1. The molecule has 0 radical (unpaired) electrons. The topological polar surface area (TPSA) is 69.0 Å². The number of nitrogens with zero attached hydrogens (tertiary/aromatic N) is 3. The van der Waals surface area contributed by atoms with Crippen LogP contribution in [0.5, 0.6) is 0 Å². The van der Waals surface area contributed by atoms with Gasteiger partial charge in [0.15, 0.2) is 0 Å². The van der Waals surface area contributed by atoms with Crippen molar-refractivity contribution < 1.29 is 12.3 Å².